The molecule has 32 heavy (non-hydrogen) atoms. The van der Waals surface area contributed by atoms with Crippen molar-refractivity contribution >= 4 is 26.9 Å². The molecular weight excluding hydrogens is 422 g/mol. The molecule has 1 atom stereocenters. The Bertz CT molecular complexity index is 1270. The van der Waals surface area contributed by atoms with E-state index in [2.05, 4.69) is 19.9 Å². The number of aliphatic carboxylic acids is 1. The molecule has 1 aromatic heterocycles. The minimum atomic E-state index is -3.99. The van der Waals surface area contributed by atoms with E-state index in [1.165, 1.54) is 10.2 Å². The van der Waals surface area contributed by atoms with Crippen LogP contribution < -0.4 is 0 Å². The average molecular weight is 456 g/mol. The smallest absolute Gasteiger partial charge is 0.310 e. The van der Waals surface area contributed by atoms with Crippen molar-refractivity contribution in [1.82, 2.24) is 3.97 Å². The summed E-state index contributed by atoms with van der Waals surface area (Å²) in [7, 11) is -3.99. The second kappa shape index (κ2) is 8.74. The topological polar surface area (TPSA) is 76.4 Å². The summed E-state index contributed by atoms with van der Waals surface area (Å²) in [5, 5.41) is 10.2. The highest BCUT2D eigenvalue weighted by Crippen LogP contribution is 2.40. The van der Waals surface area contributed by atoms with Crippen LogP contribution in [0.15, 0.2) is 47.5 Å². The minimum absolute atomic E-state index is 0.00937. The first kappa shape index (κ1) is 24.1. The lowest BCUT2D eigenvalue weighted by atomic mass is 9.87. The van der Waals surface area contributed by atoms with E-state index in [-0.39, 0.29) is 17.8 Å². The van der Waals surface area contributed by atoms with Gasteiger partial charge in [-0.05, 0) is 53.0 Å². The number of hydrogen-bond acceptors (Lipinski definition) is 3. The summed E-state index contributed by atoms with van der Waals surface area (Å²) in [5.41, 5.74) is 3.64. The van der Waals surface area contributed by atoms with Crippen molar-refractivity contribution in [3.8, 4) is 0 Å². The van der Waals surface area contributed by atoms with E-state index < -0.39 is 21.9 Å². The van der Waals surface area contributed by atoms with Crippen LogP contribution in [0, 0.1) is 0 Å². The zero-order valence-electron chi connectivity index (χ0n) is 19.9. The molecule has 0 bridgehead atoms. The van der Waals surface area contributed by atoms with Crippen LogP contribution in [-0.2, 0) is 14.8 Å². The van der Waals surface area contributed by atoms with Crippen LogP contribution in [0.3, 0.4) is 0 Å². The number of hydrogen-bond donors (Lipinski definition) is 1. The Kier molecular flexibility index (Phi) is 6.57. The Morgan fingerprint density at radius 1 is 0.812 bits per heavy atom. The molecule has 0 radical (unpaired) electrons. The van der Waals surface area contributed by atoms with Crippen LogP contribution in [0.4, 0.5) is 0 Å². The molecule has 6 heteroatoms. The molecule has 1 unspecified atom stereocenters. The lowest BCUT2D eigenvalue weighted by Gasteiger charge is -2.25. The van der Waals surface area contributed by atoms with E-state index >= 15 is 0 Å². The molecule has 0 aliphatic carbocycles. The molecular formula is C26H33NO4S. The van der Waals surface area contributed by atoms with Crippen LogP contribution >= 0.6 is 0 Å². The fourth-order valence-electron chi connectivity index (χ4n) is 4.42. The van der Waals surface area contributed by atoms with Gasteiger partial charge in [0.15, 0.2) is 0 Å². The Morgan fingerprint density at radius 2 is 1.38 bits per heavy atom. The molecule has 2 aromatic carbocycles. The minimum Gasteiger partial charge on any atom is -0.481 e. The zero-order chi connectivity index (χ0) is 24.0. The summed E-state index contributed by atoms with van der Waals surface area (Å²) >= 11 is 0. The van der Waals surface area contributed by atoms with Crippen molar-refractivity contribution in [1.29, 1.82) is 0 Å². The van der Waals surface area contributed by atoms with Gasteiger partial charge in [-0.25, -0.2) is 12.4 Å². The van der Waals surface area contributed by atoms with Gasteiger partial charge in [0.1, 0.15) is 0 Å². The van der Waals surface area contributed by atoms with Crippen molar-refractivity contribution in [2.75, 3.05) is 0 Å². The van der Waals surface area contributed by atoms with Gasteiger partial charge in [-0.15, -0.1) is 0 Å². The van der Waals surface area contributed by atoms with E-state index in [1.807, 2.05) is 33.8 Å². The molecule has 0 aliphatic rings. The number of nitrogens with zero attached hydrogens (tertiary/aromatic N) is 1. The molecule has 3 aromatic rings. The van der Waals surface area contributed by atoms with Crippen LogP contribution in [0.5, 0.6) is 0 Å². The van der Waals surface area contributed by atoms with Gasteiger partial charge in [-0.1, -0.05) is 71.9 Å². The molecule has 0 saturated carbocycles. The summed E-state index contributed by atoms with van der Waals surface area (Å²) in [5.74, 6) is -1.62. The molecule has 172 valence electrons. The normalized spacial score (nSPS) is 13.4. The summed E-state index contributed by atoms with van der Waals surface area (Å²) in [6, 6.07) is 11.1. The summed E-state index contributed by atoms with van der Waals surface area (Å²) in [6.07, 6.45) is 1.50. The third-order valence-electron chi connectivity index (χ3n) is 6.14. The molecule has 3 rings (SSSR count). The molecule has 0 fully saturated rings. The van der Waals surface area contributed by atoms with Gasteiger partial charge in [-0.3, -0.25) is 4.79 Å². The highest BCUT2D eigenvalue weighted by atomic mass is 32.2. The van der Waals surface area contributed by atoms with E-state index in [1.54, 1.807) is 31.2 Å². The van der Waals surface area contributed by atoms with E-state index in [4.69, 9.17) is 0 Å². The van der Waals surface area contributed by atoms with Crippen molar-refractivity contribution in [2.45, 2.75) is 77.0 Å². The standard InChI is InChI=1S/C26H33NO4S/c1-15(2)19-12-13-20(16(3)4)25(24(19)17(5)6)32(30,31)27-14-22(18(7)26(28)29)21-10-8-9-11-23(21)27/h8-18H,1-7H3,(H,28,29). The monoisotopic (exact) mass is 455 g/mol. The van der Waals surface area contributed by atoms with Gasteiger partial charge in [0.2, 0.25) is 0 Å². The van der Waals surface area contributed by atoms with Crippen LogP contribution in [-0.4, -0.2) is 23.5 Å². The van der Waals surface area contributed by atoms with Gasteiger partial charge in [0.05, 0.1) is 16.3 Å². The molecule has 0 aliphatic heterocycles. The molecule has 0 spiro atoms. The van der Waals surface area contributed by atoms with Crippen molar-refractivity contribution < 1.29 is 18.3 Å². The molecule has 1 heterocycles. The van der Waals surface area contributed by atoms with Gasteiger partial charge in [0.25, 0.3) is 10.0 Å². The maximum Gasteiger partial charge on any atom is 0.310 e. The summed E-state index contributed by atoms with van der Waals surface area (Å²) < 4.78 is 29.9. The van der Waals surface area contributed by atoms with Crippen LogP contribution in [0.1, 0.15) is 94.4 Å². The van der Waals surface area contributed by atoms with Crippen LogP contribution in [0.25, 0.3) is 10.9 Å². The predicted octanol–water partition coefficient (Wildman–Crippen LogP) is 6.44. The maximum atomic E-state index is 14.3. The van der Waals surface area contributed by atoms with E-state index in [9.17, 15) is 18.3 Å². The number of carbonyl (C=O) groups is 1. The Balaban J connectivity index is 2.45. The average Bonchev–Trinajstić information content (AvgIpc) is 3.12. The predicted molar refractivity (Wildman–Crippen MR) is 129 cm³/mol. The molecule has 0 amide bonds. The number of carboxylic acids is 1. The SMILES string of the molecule is CC(C)c1ccc(C(C)C)c(S(=O)(=O)n2cc(C(C)C(=O)O)c3ccccc32)c1C(C)C. The molecule has 0 saturated heterocycles. The van der Waals surface area contributed by atoms with Gasteiger partial charge in [0, 0.05) is 11.6 Å². The fraction of sp³-hybridized carbons (Fsp3) is 0.423. The second-order valence-electron chi connectivity index (χ2n) is 9.41. The lowest BCUT2D eigenvalue weighted by Crippen LogP contribution is -2.19. The second-order valence-corrected chi connectivity index (χ2v) is 11.2. The third-order valence-corrected chi connectivity index (χ3v) is 7.94. The Hall–Kier alpha value is -2.60. The van der Waals surface area contributed by atoms with Gasteiger partial charge < -0.3 is 5.11 Å². The fourth-order valence-corrected chi connectivity index (χ4v) is 6.52. The first-order valence-corrected chi connectivity index (χ1v) is 12.6. The number of carboxylic acid groups (broad SMARTS) is 1. The first-order chi connectivity index (χ1) is 14.9. The number of benzene rings is 2. The number of rotatable bonds is 7. The Morgan fingerprint density at radius 3 is 1.91 bits per heavy atom. The van der Waals surface area contributed by atoms with Gasteiger partial charge in [-0.2, -0.15) is 0 Å². The highest BCUT2D eigenvalue weighted by Gasteiger charge is 2.32. The number of para-hydroxylation sites is 1. The quantitative estimate of drug-likeness (QED) is 0.445. The number of aromatic nitrogens is 1. The van der Waals surface area contributed by atoms with Crippen LogP contribution in [0.2, 0.25) is 0 Å². The third kappa shape index (κ3) is 3.96. The molecule has 1 N–H and O–H groups in total. The van der Waals surface area contributed by atoms with Crippen molar-refractivity contribution in [3.63, 3.8) is 0 Å². The maximum absolute atomic E-state index is 14.3. The number of fused-ring (bicyclic) bond motifs is 1. The van der Waals surface area contributed by atoms with Gasteiger partial charge >= 0.3 is 5.97 Å². The Labute approximate surface area is 191 Å². The van der Waals surface area contributed by atoms with Crippen molar-refractivity contribution in [3.05, 3.63) is 64.8 Å². The lowest BCUT2D eigenvalue weighted by molar-refractivity contribution is -0.138. The zero-order valence-corrected chi connectivity index (χ0v) is 20.7. The highest BCUT2D eigenvalue weighted by molar-refractivity contribution is 7.90. The first-order valence-electron chi connectivity index (χ1n) is 11.1. The largest absolute Gasteiger partial charge is 0.481 e. The van der Waals surface area contributed by atoms with E-state index in [0.717, 1.165) is 16.7 Å². The summed E-state index contributed by atoms with van der Waals surface area (Å²) in [4.78, 5) is 12.1. The molecule has 5 nitrogen and oxygen atoms in total. The summed E-state index contributed by atoms with van der Waals surface area (Å²) in [6.45, 7) is 13.8. The van der Waals surface area contributed by atoms with E-state index in [0.29, 0.717) is 21.4 Å². The van der Waals surface area contributed by atoms with Crippen molar-refractivity contribution in [2.24, 2.45) is 0 Å².